The Hall–Kier alpha value is -2.22. The first kappa shape index (κ1) is 15.7. The van der Waals surface area contributed by atoms with Crippen molar-refractivity contribution < 1.29 is 9.32 Å². The van der Waals surface area contributed by atoms with E-state index in [2.05, 4.69) is 25.5 Å². The predicted molar refractivity (Wildman–Crippen MR) is 82.8 cm³/mol. The maximum atomic E-state index is 11.6. The van der Waals surface area contributed by atoms with E-state index >= 15 is 0 Å². The molecule has 3 rings (SSSR count). The van der Waals surface area contributed by atoms with Crippen molar-refractivity contribution >= 4 is 5.91 Å². The SMILES string of the molecule is CCc1nc(CN2CCC[C@H](n3ccc(C(=O)NC)n3)C2)no1. The number of nitrogens with one attached hydrogen (secondary N) is 1. The molecule has 1 amide bonds. The number of aromatic nitrogens is 4. The third-order valence-corrected chi connectivity index (χ3v) is 4.10. The number of carbonyl (C=O) groups excluding carboxylic acids is 1. The summed E-state index contributed by atoms with van der Waals surface area (Å²) < 4.78 is 7.05. The molecule has 8 nitrogen and oxygen atoms in total. The van der Waals surface area contributed by atoms with Gasteiger partial charge in [0.1, 0.15) is 5.69 Å². The van der Waals surface area contributed by atoms with Gasteiger partial charge in [-0.25, -0.2) is 0 Å². The summed E-state index contributed by atoms with van der Waals surface area (Å²) in [5, 5.41) is 11.0. The van der Waals surface area contributed by atoms with E-state index in [4.69, 9.17) is 4.52 Å². The number of amides is 1. The molecule has 1 fully saturated rings. The first-order chi connectivity index (χ1) is 11.2. The zero-order valence-electron chi connectivity index (χ0n) is 13.5. The molecule has 0 bridgehead atoms. The Kier molecular flexibility index (Phi) is 4.71. The van der Waals surface area contributed by atoms with Gasteiger partial charge in [0.15, 0.2) is 5.82 Å². The molecule has 23 heavy (non-hydrogen) atoms. The molecule has 124 valence electrons. The van der Waals surface area contributed by atoms with Crippen LogP contribution in [-0.2, 0) is 13.0 Å². The fraction of sp³-hybridized carbons (Fsp3) is 0.600. The highest BCUT2D eigenvalue weighted by molar-refractivity contribution is 5.91. The van der Waals surface area contributed by atoms with E-state index in [0.29, 0.717) is 18.1 Å². The maximum absolute atomic E-state index is 11.6. The van der Waals surface area contributed by atoms with Crippen LogP contribution in [0.2, 0.25) is 0 Å². The average Bonchev–Trinajstić information content (AvgIpc) is 3.23. The van der Waals surface area contributed by atoms with Gasteiger partial charge in [0.25, 0.3) is 5.91 Å². The average molecular weight is 318 g/mol. The summed E-state index contributed by atoms with van der Waals surface area (Å²) in [6.07, 6.45) is 4.77. The number of carbonyl (C=O) groups is 1. The number of piperidine rings is 1. The fourth-order valence-corrected chi connectivity index (χ4v) is 2.88. The molecule has 1 atom stereocenters. The molecule has 2 aromatic rings. The van der Waals surface area contributed by atoms with Crippen molar-refractivity contribution in [3.8, 4) is 0 Å². The molecule has 2 aromatic heterocycles. The van der Waals surface area contributed by atoms with E-state index in [1.54, 1.807) is 13.1 Å². The summed E-state index contributed by atoms with van der Waals surface area (Å²) in [6, 6.07) is 2.02. The Labute approximate surface area is 134 Å². The lowest BCUT2D eigenvalue weighted by Crippen LogP contribution is -2.36. The molecule has 0 radical (unpaired) electrons. The van der Waals surface area contributed by atoms with Crippen LogP contribution >= 0.6 is 0 Å². The van der Waals surface area contributed by atoms with Gasteiger partial charge in [0, 0.05) is 26.2 Å². The Morgan fingerprint density at radius 2 is 2.39 bits per heavy atom. The van der Waals surface area contributed by atoms with E-state index in [0.717, 1.165) is 38.2 Å². The van der Waals surface area contributed by atoms with E-state index in [-0.39, 0.29) is 11.9 Å². The fourth-order valence-electron chi connectivity index (χ4n) is 2.88. The summed E-state index contributed by atoms with van der Waals surface area (Å²) >= 11 is 0. The van der Waals surface area contributed by atoms with Crippen molar-refractivity contribution in [2.75, 3.05) is 20.1 Å². The highest BCUT2D eigenvalue weighted by Gasteiger charge is 2.23. The van der Waals surface area contributed by atoms with Crippen LogP contribution in [-0.4, -0.2) is 50.9 Å². The van der Waals surface area contributed by atoms with Gasteiger partial charge in [0.2, 0.25) is 5.89 Å². The summed E-state index contributed by atoms with van der Waals surface area (Å²) in [4.78, 5) is 18.3. The number of aryl methyl sites for hydroxylation is 1. The van der Waals surface area contributed by atoms with Crippen molar-refractivity contribution in [3.63, 3.8) is 0 Å². The number of nitrogens with zero attached hydrogens (tertiary/aromatic N) is 5. The predicted octanol–water partition coefficient (Wildman–Crippen LogP) is 1.03. The zero-order valence-corrected chi connectivity index (χ0v) is 13.5. The van der Waals surface area contributed by atoms with Crippen LogP contribution in [0.25, 0.3) is 0 Å². The Bertz CT molecular complexity index is 664. The molecular weight excluding hydrogens is 296 g/mol. The van der Waals surface area contributed by atoms with Gasteiger partial charge < -0.3 is 9.84 Å². The standard InChI is InChI=1S/C15H22N6O2/c1-3-14-17-13(19-23-14)10-20-7-4-5-11(9-20)21-8-6-12(18-21)15(22)16-2/h6,8,11H,3-5,7,9-10H2,1-2H3,(H,16,22)/t11-/m0/s1. The van der Waals surface area contributed by atoms with Crippen LogP contribution in [0.4, 0.5) is 0 Å². The van der Waals surface area contributed by atoms with Gasteiger partial charge in [-0.15, -0.1) is 0 Å². The van der Waals surface area contributed by atoms with Crippen LogP contribution in [0.5, 0.6) is 0 Å². The van der Waals surface area contributed by atoms with Gasteiger partial charge in [-0.05, 0) is 25.5 Å². The van der Waals surface area contributed by atoms with Gasteiger partial charge in [-0.3, -0.25) is 14.4 Å². The zero-order chi connectivity index (χ0) is 16.2. The van der Waals surface area contributed by atoms with Crippen LogP contribution in [0, 0.1) is 0 Å². The molecule has 3 heterocycles. The minimum Gasteiger partial charge on any atom is -0.354 e. The van der Waals surface area contributed by atoms with E-state index < -0.39 is 0 Å². The molecular formula is C15H22N6O2. The number of rotatable bonds is 5. The van der Waals surface area contributed by atoms with Crippen molar-refractivity contribution in [1.82, 2.24) is 30.1 Å². The molecule has 0 unspecified atom stereocenters. The Morgan fingerprint density at radius 3 is 3.13 bits per heavy atom. The lowest BCUT2D eigenvalue weighted by Gasteiger charge is -2.31. The second-order valence-corrected chi connectivity index (χ2v) is 5.75. The molecule has 0 aromatic carbocycles. The maximum Gasteiger partial charge on any atom is 0.271 e. The van der Waals surface area contributed by atoms with E-state index in [1.807, 2.05) is 17.8 Å². The Morgan fingerprint density at radius 1 is 1.52 bits per heavy atom. The summed E-state index contributed by atoms with van der Waals surface area (Å²) in [6.45, 7) is 4.56. The molecule has 1 aliphatic rings. The number of likely N-dealkylation sites (tertiary alicyclic amines) is 1. The molecule has 1 aliphatic heterocycles. The molecule has 0 saturated carbocycles. The highest BCUT2D eigenvalue weighted by Crippen LogP contribution is 2.22. The first-order valence-corrected chi connectivity index (χ1v) is 8.00. The quantitative estimate of drug-likeness (QED) is 0.885. The van der Waals surface area contributed by atoms with E-state index in [9.17, 15) is 4.79 Å². The largest absolute Gasteiger partial charge is 0.354 e. The summed E-state index contributed by atoms with van der Waals surface area (Å²) in [5.74, 6) is 1.25. The lowest BCUT2D eigenvalue weighted by molar-refractivity contribution is 0.0955. The first-order valence-electron chi connectivity index (χ1n) is 8.00. The summed E-state index contributed by atoms with van der Waals surface area (Å²) in [7, 11) is 1.61. The third-order valence-electron chi connectivity index (χ3n) is 4.10. The van der Waals surface area contributed by atoms with Crippen LogP contribution < -0.4 is 5.32 Å². The number of hydrogen-bond acceptors (Lipinski definition) is 6. The molecule has 1 saturated heterocycles. The Balaban J connectivity index is 1.63. The van der Waals surface area contributed by atoms with E-state index in [1.165, 1.54) is 0 Å². The molecule has 1 N–H and O–H groups in total. The third kappa shape index (κ3) is 3.58. The topological polar surface area (TPSA) is 89.1 Å². The normalized spacial score (nSPS) is 19.0. The highest BCUT2D eigenvalue weighted by atomic mass is 16.5. The van der Waals surface area contributed by atoms with Gasteiger partial charge in [-0.1, -0.05) is 12.1 Å². The summed E-state index contributed by atoms with van der Waals surface area (Å²) in [5.41, 5.74) is 0.454. The second-order valence-electron chi connectivity index (χ2n) is 5.75. The van der Waals surface area contributed by atoms with Crippen LogP contribution in [0.15, 0.2) is 16.8 Å². The van der Waals surface area contributed by atoms with Crippen molar-refractivity contribution in [2.24, 2.45) is 0 Å². The van der Waals surface area contributed by atoms with Gasteiger partial charge >= 0.3 is 0 Å². The molecule has 8 heteroatoms. The minimum absolute atomic E-state index is 0.157. The van der Waals surface area contributed by atoms with Crippen molar-refractivity contribution in [3.05, 3.63) is 29.7 Å². The monoisotopic (exact) mass is 318 g/mol. The minimum atomic E-state index is -0.157. The molecule has 0 aliphatic carbocycles. The van der Waals surface area contributed by atoms with Crippen LogP contribution in [0.3, 0.4) is 0 Å². The lowest BCUT2D eigenvalue weighted by atomic mass is 10.1. The smallest absolute Gasteiger partial charge is 0.271 e. The second kappa shape index (κ2) is 6.91. The van der Waals surface area contributed by atoms with Crippen LogP contribution in [0.1, 0.15) is 48.0 Å². The van der Waals surface area contributed by atoms with Gasteiger partial charge in [0.05, 0.1) is 12.6 Å². The van der Waals surface area contributed by atoms with Gasteiger partial charge in [-0.2, -0.15) is 10.1 Å². The molecule has 0 spiro atoms. The van der Waals surface area contributed by atoms with Crippen molar-refractivity contribution in [2.45, 2.75) is 38.8 Å². The van der Waals surface area contributed by atoms with Crippen molar-refractivity contribution in [1.29, 1.82) is 0 Å². The number of hydrogen-bond donors (Lipinski definition) is 1.